The van der Waals surface area contributed by atoms with Crippen LogP contribution in [0.2, 0.25) is 0 Å². The standard InChI is InChI=1S/C13H12BrF3N2S/c1-19(6-8-4-12(14)20-7-8)11-3-2-9(5-10(11)18)13(15,16)17/h2-5,7H,6,18H2,1H3. The van der Waals surface area contributed by atoms with E-state index in [1.54, 1.807) is 18.4 Å². The predicted octanol–water partition coefficient (Wildman–Crippen LogP) is 4.75. The van der Waals surface area contributed by atoms with Crippen LogP contribution in [-0.2, 0) is 12.7 Å². The number of thiophene rings is 1. The van der Waals surface area contributed by atoms with E-state index in [0.717, 1.165) is 21.5 Å². The fourth-order valence-electron chi connectivity index (χ4n) is 1.87. The van der Waals surface area contributed by atoms with Gasteiger partial charge in [0.2, 0.25) is 0 Å². The summed E-state index contributed by atoms with van der Waals surface area (Å²) in [5, 5.41) is 1.99. The number of alkyl halides is 3. The number of halogens is 4. The molecule has 7 heteroatoms. The van der Waals surface area contributed by atoms with Crippen molar-refractivity contribution in [1.82, 2.24) is 0 Å². The van der Waals surface area contributed by atoms with Crippen molar-refractivity contribution in [3.05, 3.63) is 44.6 Å². The maximum absolute atomic E-state index is 12.6. The zero-order chi connectivity index (χ0) is 14.9. The Kier molecular flexibility index (Phi) is 4.29. The first-order valence-corrected chi connectivity index (χ1v) is 7.35. The van der Waals surface area contributed by atoms with Crippen molar-refractivity contribution < 1.29 is 13.2 Å². The second-order valence-electron chi connectivity index (χ2n) is 4.39. The summed E-state index contributed by atoms with van der Waals surface area (Å²) in [5.74, 6) is 0. The molecule has 0 unspecified atom stereocenters. The quantitative estimate of drug-likeness (QED) is 0.796. The van der Waals surface area contributed by atoms with E-state index in [4.69, 9.17) is 5.73 Å². The molecule has 0 spiro atoms. The maximum Gasteiger partial charge on any atom is 0.416 e. The lowest BCUT2D eigenvalue weighted by Gasteiger charge is -2.21. The Morgan fingerprint density at radius 1 is 1.30 bits per heavy atom. The fourth-order valence-corrected chi connectivity index (χ4v) is 3.07. The molecular weight excluding hydrogens is 353 g/mol. The zero-order valence-electron chi connectivity index (χ0n) is 10.5. The summed E-state index contributed by atoms with van der Waals surface area (Å²) in [6.07, 6.45) is -4.37. The minimum absolute atomic E-state index is 0.122. The molecule has 1 aromatic heterocycles. The predicted molar refractivity (Wildman–Crippen MR) is 80.0 cm³/mol. The van der Waals surface area contributed by atoms with Crippen LogP contribution in [0, 0.1) is 0 Å². The summed E-state index contributed by atoms with van der Waals surface area (Å²) in [7, 11) is 1.80. The Balaban J connectivity index is 2.20. The minimum atomic E-state index is -4.37. The first kappa shape index (κ1) is 15.2. The number of benzene rings is 1. The third-order valence-electron chi connectivity index (χ3n) is 2.81. The van der Waals surface area contributed by atoms with Gasteiger partial charge in [-0.05, 0) is 51.1 Å². The van der Waals surface area contributed by atoms with Crippen molar-refractivity contribution in [2.45, 2.75) is 12.7 Å². The van der Waals surface area contributed by atoms with Gasteiger partial charge in [0, 0.05) is 13.6 Å². The van der Waals surface area contributed by atoms with Gasteiger partial charge in [-0.25, -0.2) is 0 Å². The molecular formula is C13H12BrF3N2S. The van der Waals surface area contributed by atoms with Crippen molar-refractivity contribution in [3.8, 4) is 0 Å². The molecule has 0 bridgehead atoms. The third kappa shape index (κ3) is 3.46. The van der Waals surface area contributed by atoms with Crippen LogP contribution in [0.15, 0.2) is 33.4 Å². The lowest BCUT2D eigenvalue weighted by Crippen LogP contribution is -2.18. The van der Waals surface area contributed by atoms with Crippen LogP contribution in [0.4, 0.5) is 24.5 Å². The molecule has 1 heterocycles. The van der Waals surface area contributed by atoms with Crippen LogP contribution in [0.3, 0.4) is 0 Å². The van der Waals surface area contributed by atoms with E-state index in [2.05, 4.69) is 15.9 Å². The van der Waals surface area contributed by atoms with Gasteiger partial charge in [0.25, 0.3) is 0 Å². The molecule has 0 aliphatic carbocycles. The molecule has 108 valence electrons. The van der Waals surface area contributed by atoms with Gasteiger partial charge in [-0.2, -0.15) is 13.2 Å². The number of nitrogens with zero attached hydrogens (tertiary/aromatic N) is 1. The molecule has 1 aromatic carbocycles. The van der Waals surface area contributed by atoms with E-state index in [1.165, 1.54) is 6.07 Å². The Labute approximate surface area is 127 Å². The highest BCUT2D eigenvalue weighted by molar-refractivity contribution is 9.11. The summed E-state index contributed by atoms with van der Waals surface area (Å²) in [6, 6.07) is 5.39. The SMILES string of the molecule is CN(Cc1csc(Br)c1)c1ccc(C(F)(F)F)cc1N. The van der Waals surface area contributed by atoms with Crippen molar-refractivity contribution in [2.24, 2.45) is 0 Å². The van der Waals surface area contributed by atoms with Crippen molar-refractivity contribution in [3.63, 3.8) is 0 Å². The van der Waals surface area contributed by atoms with Gasteiger partial charge in [-0.1, -0.05) is 0 Å². The summed E-state index contributed by atoms with van der Waals surface area (Å²) < 4.78 is 38.7. The van der Waals surface area contributed by atoms with Crippen LogP contribution in [-0.4, -0.2) is 7.05 Å². The molecule has 2 aromatic rings. The molecule has 2 rings (SSSR count). The van der Waals surface area contributed by atoms with Crippen LogP contribution < -0.4 is 10.6 Å². The molecule has 0 aliphatic heterocycles. The topological polar surface area (TPSA) is 29.3 Å². The van der Waals surface area contributed by atoms with Crippen molar-refractivity contribution in [1.29, 1.82) is 0 Å². The van der Waals surface area contributed by atoms with E-state index in [0.29, 0.717) is 12.2 Å². The summed E-state index contributed by atoms with van der Waals surface area (Å²) in [4.78, 5) is 1.82. The number of hydrogen-bond acceptors (Lipinski definition) is 3. The largest absolute Gasteiger partial charge is 0.416 e. The monoisotopic (exact) mass is 364 g/mol. The van der Waals surface area contributed by atoms with Crippen molar-refractivity contribution in [2.75, 3.05) is 17.7 Å². The molecule has 0 radical (unpaired) electrons. The van der Waals surface area contributed by atoms with Crippen LogP contribution in [0.25, 0.3) is 0 Å². The second kappa shape index (κ2) is 5.65. The highest BCUT2D eigenvalue weighted by Gasteiger charge is 2.31. The fraction of sp³-hybridized carbons (Fsp3) is 0.231. The van der Waals surface area contributed by atoms with Gasteiger partial charge in [-0.15, -0.1) is 11.3 Å². The van der Waals surface area contributed by atoms with Crippen LogP contribution in [0.1, 0.15) is 11.1 Å². The zero-order valence-corrected chi connectivity index (χ0v) is 12.9. The van der Waals surface area contributed by atoms with Gasteiger partial charge < -0.3 is 10.6 Å². The van der Waals surface area contributed by atoms with E-state index in [1.807, 2.05) is 16.3 Å². The Hall–Kier alpha value is -1.21. The molecule has 20 heavy (non-hydrogen) atoms. The number of anilines is 2. The Morgan fingerprint density at radius 2 is 2.00 bits per heavy atom. The Morgan fingerprint density at radius 3 is 2.50 bits per heavy atom. The molecule has 2 N–H and O–H groups in total. The normalized spacial score (nSPS) is 11.7. The number of hydrogen-bond donors (Lipinski definition) is 1. The molecule has 0 atom stereocenters. The van der Waals surface area contributed by atoms with Gasteiger partial charge in [0.1, 0.15) is 0 Å². The van der Waals surface area contributed by atoms with E-state index >= 15 is 0 Å². The first-order valence-electron chi connectivity index (χ1n) is 5.68. The number of rotatable bonds is 3. The molecule has 0 amide bonds. The summed E-state index contributed by atoms with van der Waals surface area (Å²) in [6.45, 7) is 0.581. The van der Waals surface area contributed by atoms with E-state index in [9.17, 15) is 13.2 Å². The third-order valence-corrected chi connectivity index (χ3v) is 4.36. The van der Waals surface area contributed by atoms with Gasteiger partial charge in [0.15, 0.2) is 0 Å². The van der Waals surface area contributed by atoms with Crippen LogP contribution >= 0.6 is 27.3 Å². The van der Waals surface area contributed by atoms with Gasteiger partial charge in [-0.3, -0.25) is 0 Å². The molecule has 0 aliphatic rings. The summed E-state index contributed by atoms with van der Waals surface area (Å²) in [5.41, 5.74) is 6.78. The smallest absolute Gasteiger partial charge is 0.397 e. The average Bonchev–Trinajstić information content (AvgIpc) is 2.73. The molecule has 2 nitrogen and oxygen atoms in total. The van der Waals surface area contributed by atoms with Crippen LogP contribution in [0.5, 0.6) is 0 Å². The molecule has 0 fully saturated rings. The van der Waals surface area contributed by atoms with E-state index in [-0.39, 0.29) is 5.69 Å². The first-order chi connectivity index (χ1) is 9.27. The Bertz CT molecular complexity index is 610. The molecule has 0 saturated carbocycles. The molecule has 0 saturated heterocycles. The van der Waals surface area contributed by atoms with Gasteiger partial charge >= 0.3 is 6.18 Å². The van der Waals surface area contributed by atoms with Gasteiger partial charge in [0.05, 0.1) is 20.7 Å². The highest BCUT2D eigenvalue weighted by atomic mass is 79.9. The maximum atomic E-state index is 12.6. The van der Waals surface area contributed by atoms with E-state index < -0.39 is 11.7 Å². The number of nitrogens with two attached hydrogens (primary N) is 1. The lowest BCUT2D eigenvalue weighted by molar-refractivity contribution is -0.137. The highest BCUT2D eigenvalue weighted by Crippen LogP contribution is 2.34. The second-order valence-corrected chi connectivity index (χ2v) is 6.68. The van der Waals surface area contributed by atoms with Crippen molar-refractivity contribution >= 4 is 38.6 Å². The minimum Gasteiger partial charge on any atom is -0.397 e. The average molecular weight is 365 g/mol. The lowest BCUT2D eigenvalue weighted by atomic mass is 10.1. The number of nitrogen functional groups attached to an aromatic ring is 1. The summed E-state index contributed by atoms with van der Waals surface area (Å²) >= 11 is 4.94.